The molecule has 1 atom stereocenters. The Kier molecular flexibility index (Phi) is 4.66. The van der Waals surface area contributed by atoms with Crippen LogP contribution in [0.4, 0.5) is 26.7 Å². The molecule has 0 aromatic rings. The normalized spacial score (nSPS) is 15.2. The Bertz CT molecular complexity index is 306. The summed E-state index contributed by atoms with van der Waals surface area (Å²) in [5.41, 5.74) is -3.54. The molecule has 0 spiro atoms. The summed E-state index contributed by atoms with van der Waals surface area (Å²) >= 11 is 0. The lowest BCUT2D eigenvalue weighted by Gasteiger charge is -2.28. The van der Waals surface area contributed by atoms with Crippen LogP contribution in [0.1, 0.15) is 6.92 Å². The van der Waals surface area contributed by atoms with Crippen LogP contribution in [-0.2, 0) is 4.79 Å². The molecule has 0 aromatic heterocycles. The Hall–Kier alpha value is -1.61. The second kappa shape index (κ2) is 5.15. The Morgan fingerprint density at radius 3 is 2.06 bits per heavy atom. The maximum absolute atomic E-state index is 12.3. The van der Waals surface area contributed by atoms with Gasteiger partial charge in [0, 0.05) is 0 Å². The number of alkyl halides is 5. The van der Waals surface area contributed by atoms with Crippen molar-refractivity contribution in [3.63, 3.8) is 0 Å². The van der Waals surface area contributed by atoms with Crippen molar-refractivity contribution in [1.82, 2.24) is 10.6 Å². The lowest BCUT2D eigenvalue weighted by atomic mass is 10.0. The molecule has 0 fully saturated rings. The van der Waals surface area contributed by atoms with Gasteiger partial charge in [-0.2, -0.15) is 13.2 Å². The third kappa shape index (κ3) is 4.04. The first-order chi connectivity index (χ1) is 7.50. The van der Waals surface area contributed by atoms with Gasteiger partial charge >= 0.3 is 18.2 Å². The highest BCUT2D eigenvalue weighted by molar-refractivity contribution is 5.86. The lowest BCUT2D eigenvalue weighted by Crippen LogP contribution is -2.63. The van der Waals surface area contributed by atoms with Gasteiger partial charge in [0.25, 0.3) is 6.43 Å². The predicted octanol–water partition coefficient (Wildman–Crippen LogP) is 0.956. The van der Waals surface area contributed by atoms with Crippen molar-refractivity contribution in [2.24, 2.45) is 0 Å². The second-order valence-corrected chi connectivity index (χ2v) is 3.15. The van der Waals surface area contributed by atoms with E-state index in [1.54, 1.807) is 0 Å². The number of rotatable bonds is 4. The number of aliphatic carboxylic acids is 1. The average Bonchev–Trinajstić information content (AvgIpc) is 2.12. The number of amides is 2. The number of carbonyl (C=O) groups is 2. The number of urea groups is 1. The Balaban J connectivity index is 4.69. The SMILES string of the molecule is CC(NC(=O)NCC(F)F)(C(=O)O)C(F)(F)F. The molecule has 0 aliphatic heterocycles. The van der Waals surface area contributed by atoms with E-state index in [-0.39, 0.29) is 6.92 Å². The second-order valence-electron chi connectivity index (χ2n) is 3.15. The number of carboxylic acids is 1. The standard InChI is InChI=1S/C7H9F5N2O3/c1-6(4(15)16,7(10,11)12)14-5(17)13-2-3(8)9/h3H,2H2,1H3,(H,15,16)(H2,13,14,17). The molecule has 0 aliphatic rings. The molecular weight excluding hydrogens is 255 g/mol. The van der Waals surface area contributed by atoms with Gasteiger partial charge in [-0.3, -0.25) is 0 Å². The van der Waals surface area contributed by atoms with Crippen LogP contribution in [0.5, 0.6) is 0 Å². The molecule has 0 aromatic carbocycles. The fourth-order valence-electron chi connectivity index (χ4n) is 0.687. The van der Waals surface area contributed by atoms with E-state index < -0.39 is 36.7 Å². The van der Waals surface area contributed by atoms with E-state index in [9.17, 15) is 31.5 Å². The van der Waals surface area contributed by atoms with Crippen LogP contribution in [0, 0.1) is 0 Å². The van der Waals surface area contributed by atoms with E-state index in [0.717, 1.165) is 5.32 Å². The Morgan fingerprint density at radius 1 is 1.29 bits per heavy atom. The zero-order valence-corrected chi connectivity index (χ0v) is 8.44. The molecular formula is C7H9F5N2O3. The number of hydrogen-bond acceptors (Lipinski definition) is 2. The fraction of sp³-hybridized carbons (Fsp3) is 0.714. The average molecular weight is 264 g/mol. The molecule has 0 radical (unpaired) electrons. The Labute approximate surface area is 92.0 Å². The van der Waals surface area contributed by atoms with E-state index in [2.05, 4.69) is 0 Å². The lowest BCUT2D eigenvalue weighted by molar-refractivity contribution is -0.203. The molecule has 1 unspecified atom stereocenters. The van der Waals surface area contributed by atoms with Gasteiger partial charge in [-0.05, 0) is 6.92 Å². The van der Waals surface area contributed by atoms with Crippen molar-refractivity contribution in [2.45, 2.75) is 25.1 Å². The molecule has 100 valence electrons. The maximum atomic E-state index is 12.3. The molecule has 0 aliphatic carbocycles. The fourth-order valence-corrected chi connectivity index (χ4v) is 0.687. The van der Waals surface area contributed by atoms with Crippen LogP contribution >= 0.6 is 0 Å². The maximum Gasteiger partial charge on any atom is 0.422 e. The van der Waals surface area contributed by atoms with Gasteiger partial charge in [-0.15, -0.1) is 0 Å². The summed E-state index contributed by atoms with van der Waals surface area (Å²) in [4.78, 5) is 21.2. The minimum atomic E-state index is -5.26. The minimum absolute atomic E-state index is 0.206. The first-order valence-electron chi connectivity index (χ1n) is 4.15. The zero-order chi connectivity index (χ0) is 13.9. The van der Waals surface area contributed by atoms with Crippen LogP contribution in [0.2, 0.25) is 0 Å². The van der Waals surface area contributed by atoms with Gasteiger partial charge in [0.15, 0.2) is 0 Å². The van der Waals surface area contributed by atoms with Gasteiger partial charge in [0.2, 0.25) is 5.54 Å². The zero-order valence-electron chi connectivity index (χ0n) is 8.44. The van der Waals surface area contributed by atoms with Crippen LogP contribution in [0.3, 0.4) is 0 Å². The number of carbonyl (C=O) groups excluding carboxylic acids is 1. The molecule has 3 N–H and O–H groups in total. The molecule has 0 rings (SSSR count). The first-order valence-corrected chi connectivity index (χ1v) is 4.15. The first kappa shape index (κ1) is 15.4. The van der Waals surface area contributed by atoms with E-state index in [1.807, 2.05) is 0 Å². The van der Waals surface area contributed by atoms with E-state index in [0.29, 0.717) is 0 Å². The van der Waals surface area contributed by atoms with Gasteiger partial charge in [0.1, 0.15) is 0 Å². The largest absolute Gasteiger partial charge is 0.479 e. The number of carboxylic acid groups (broad SMARTS) is 1. The number of nitrogens with one attached hydrogen (secondary N) is 2. The highest BCUT2D eigenvalue weighted by Gasteiger charge is 2.58. The van der Waals surface area contributed by atoms with Crippen molar-refractivity contribution in [3.05, 3.63) is 0 Å². The highest BCUT2D eigenvalue weighted by Crippen LogP contribution is 2.30. The molecule has 10 heteroatoms. The monoisotopic (exact) mass is 264 g/mol. The molecule has 0 saturated heterocycles. The predicted molar refractivity (Wildman–Crippen MR) is 44.6 cm³/mol. The van der Waals surface area contributed by atoms with Crippen LogP contribution in [-0.4, -0.2) is 41.8 Å². The third-order valence-electron chi connectivity index (χ3n) is 1.78. The van der Waals surface area contributed by atoms with E-state index >= 15 is 0 Å². The summed E-state index contributed by atoms with van der Waals surface area (Å²) in [6, 6.07) is -1.65. The van der Waals surface area contributed by atoms with Gasteiger partial charge in [-0.25, -0.2) is 18.4 Å². The van der Waals surface area contributed by atoms with E-state index in [1.165, 1.54) is 5.32 Å². The number of hydrogen-bond donors (Lipinski definition) is 3. The molecule has 0 bridgehead atoms. The topological polar surface area (TPSA) is 78.4 Å². The van der Waals surface area contributed by atoms with E-state index in [4.69, 9.17) is 5.11 Å². The number of halogens is 5. The van der Waals surface area contributed by atoms with Crippen molar-refractivity contribution in [3.8, 4) is 0 Å². The minimum Gasteiger partial charge on any atom is -0.479 e. The van der Waals surface area contributed by atoms with Gasteiger partial charge in [-0.1, -0.05) is 0 Å². The smallest absolute Gasteiger partial charge is 0.422 e. The van der Waals surface area contributed by atoms with Crippen LogP contribution in [0.25, 0.3) is 0 Å². The Morgan fingerprint density at radius 2 is 1.76 bits per heavy atom. The summed E-state index contributed by atoms with van der Waals surface area (Å²) < 4.78 is 60.3. The summed E-state index contributed by atoms with van der Waals surface area (Å²) in [7, 11) is 0. The summed E-state index contributed by atoms with van der Waals surface area (Å²) in [5, 5.41) is 10.9. The van der Waals surface area contributed by atoms with Crippen LogP contribution < -0.4 is 10.6 Å². The van der Waals surface area contributed by atoms with Gasteiger partial charge < -0.3 is 15.7 Å². The van der Waals surface area contributed by atoms with Gasteiger partial charge in [0.05, 0.1) is 6.54 Å². The summed E-state index contributed by atoms with van der Waals surface area (Å²) in [6.07, 6.45) is -8.22. The van der Waals surface area contributed by atoms with Crippen molar-refractivity contribution in [2.75, 3.05) is 6.54 Å². The summed E-state index contributed by atoms with van der Waals surface area (Å²) in [5.74, 6) is -2.35. The molecule has 5 nitrogen and oxygen atoms in total. The molecule has 0 heterocycles. The van der Waals surface area contributed by atoms with Crippen LogP contribution in [0.15, 0.2) is 0 Å². The molecule has 17 heavy (non-hydrogen) atoms. The molecule has 2 amide bonds. The van der Waals surface area contributed by atoms with Crippen molar-refractivity contribution in [1.29, 1.82) is 0 Å². The summed E-state index contributed by atoms with van der Waals surface area (Å²) in [6.45, 7) is -0.976. The third-order valence-corrected chi connectivity index (χ3v) is 1.78. The quantitative estimate of drug-likeness (QED) is 0.662. The highest BCUT2D eigenvalue weighted by atomic mass is 19.4. The van der Waals surface area contributed by atoms with Crippen molar-refractivity contribution >= 4 is 12.0 Å². The molecule has 0 saturated carbocycles. The van der Waals surface area contributed by atoms with Crippen molar-refractivity contribution < 1.29 is 36.6 Å².